The van der Waals surface area contributed by atoms with Crippen molar-refractivity contribution in [2.75, 3.05) is 0 Å². The molecule has 0 saturated heterocycles. The van der Waals surface area contributed by atoms with Crippen LogP contribution in [0.25, 0.3) is 0 Å². The van der Waals surface area contributed by atoms with E-state index in [1.807, 2.05) is 0 Å². The maximum absolute atomic E-state index is 12.6. The van der Waals surface area contributed by atoms with Crippen molar-refractivity contribution in [1.29, 1.82) is 0 Å². The van der Waals surface area contributed by atoms with E-state index in [1.54, 1.807) is 6.07 Å². The fraction of sp³-hybridized carbons (Fsp3) is 0.0833. The summed E-state index contributed by atoms with van der Waals surface area (Å²) in [7, 11) is 0. The highest BCUT2D eigenvalue weighted by Gasteiger charge is 2.34. The van der Waals surface area contributed by atoms with Crippen LogP contribution in [0.5, 0.6) is 0 Å². The first-order valence-corrected chi connectivity index (χ1v) is 5.95. The van der Waals surface area contributed by atoms with Crippen LogP contribution in [-0.2, 0) is 6.18 Å². The highest BCUT2D eigenvalue weighted by molar-refractivity contribution is 6.34. The Hall–Kier alpha value is -1.66. The fourth-order valence-corrected chi connectivity index (χ4v) is 1.84. The Kier molecular flexibility index (Phi) is 3.96. The lowest BCUT2D eigenvalue weighted by molar-refractivity contribution is -0.141. The third-order valence-electron chi connectivity index (χ3n) is 2.31. The first-order chi connectivity index (χ1) is 9.29. The maximum atomic E-state index is 12.6. The van der Waals surface area contributed by atoms with E-state index in [9.17, 15) is 18.0 Å². The van der Waals surface area contributed by atoms with Gasteiger partial charge in [0.2, 0.25) is 11.6 Å². The van der Waals surface area contributed by atoms with Crippen LogP contribution in [0.1, 0.15) is 21.9 Å². The van der Waals surface area contributed by atoms with Gasteiger partial charge in [0.15, 0.2) is 0 Å². The Bertz CT molecular complexity index is 674. The Morgan fingerprint density at radius 3 is 2.35 bits per heavy atom. The first kappa shape index (κ1) is 14.7. The van der Waals surface area contributed by atoms with Crippen molar-refractivity contribution in [2.45, 2.75) is 6.18 Å². The van der Waals surface area contributed by atoms with Gasteiger partial charge in [-0.15, -0.1) is 0 Å². The number of halogens is 5. The van der Waals surface area contributed by atoms with Gasteiger partial charge < -0.3 is 0 Å². The summed E-state index contributed by atoms with van der Waals surface area (Å²) in [6, 6.07) is 6.45. The van der Waals surface area contributed by atoms with Crippen LogP contribution < -0.4 is 0 Å². The van der Waals surface area contributed by atoms with E-state index >= 15 is 0 Å². The molecule has 0 spiro atoms. The molecule has 104 valence electrons. The molecule has 0 amide bonds. The Labute approximate surface area is 121 Å². The van der Waals surface area contributed by atoms with Crippen molar-refractivity contribution in [1.82, 2.24) is 9.97 Å². The Morgan fingerprint density at radius 2 is 1.75 bits per heavy atom. The van der Waals surface area contributed by atoms with Crippen molar-refractivity contribution in [3.05, 3.63) is 57.6 Å². The molecule has 0 aliphatic rings. The van der Waals surface area contributed by atoms with Crippen LogP contribution >= 0.6 is 23.2 Å². The van der Waals surface area contributed by atoms with Gasteiger partial charge in [0.25, 0.3) is 0 Å². The zero-order chi connectivity index (χ0) is 14.9. The standard InChI is InChI=1S/C12H5Cl2F3N2O/c13-7-4-2-1-3-6(7)10(20)11-18-8(12(15,16)17)5-9(14)19-11/h1-5H. The van der Waals surface area contributed by atoms with Crippen molar-refractivity contribution in [3.8, 4) is 0 Å². The van der Waals surface area contributed by atoms with E-state index in [1.165, 1.54) is 18.2 Å². The normalized spacial score (nSPS) is 11.4. The molecule has 0 saturated carbocycles. The summed E-state index contributed by atoms with van der Waals surface area (Å²) in [5.74, 6) is -1.48. The molecule has 0 aliphatic heterocycles. The van der Waals surface area contributed by atoms with Crippen molar-refractivity contribution >= 4 is 29.0 Å². The number of benzene rings is 1. The summed E-state index contributed by atoms with van der Waals surface area (Å²) >= 11 is 11.3. The highest BCUT2D eigenvalue weighted by Crippen LogP contribution is 2.29. The second kappa shape index (κ2) is 5.38. The molecule has 1 aromatic heterocycles. The summed E-state index contributed by atoms with van der Waals surface area (Å²) < 4.78 is 37.8. The minimum absolute atomic E-state index is 0.00422. The third-order valence-corrected chi connectivity index (χ3v) is 2.83. The smallest absolute Gasteiger partial charge is 0.285 e. The first-order valence-electron chi connectivity index (χ1n) is 5.20. The van der Waals surface area contributed by atoms with Gasteiger partial charge in [0, 0.05) is 11.6 Å². The minimum atomic E-state index is -4.72. The van der Waals surface area contributed by atoms with E-state index in [-0.39, 0.29) is 10.6 Å². The van der Waals surface area contributed by atoms with Crippen LogP contribution in [0.2, 0.25) is 10.2 Å². The molecule has 0 bridgehead atoms. The fourth-order valence-electron chi connectivity index (χ4n) is 1.43. The van der Waals surface area contributed by atoms with E-state index in [4.69, 9.17) is 23.2 Å². The molecule has 8 heteroatoms. The topological polar surface area (TPSA) is 42.9 Å². The minimum Gasteiger partial charge on any atom is -0.285 e. The van der Waals surface area contributed by atoms with E-state index in [2.05, 4.69) is 9.97 Å². The number of hydrogen-bond donors (Lipinski definition) is 0. The Morgan fingerprint density at radius 1 is 1.10 bits per heavy atom. The molecule has 3 nitrogen and oxygen atoms in total. The number of alkyl halides is 3. The molecular weight excluding hydrogens is 316 g/mol. The third kappa shape index (κ3) is 3.08. The number of rotatable bonds is 2. The van der Waals surface area contributed by atoms with E-state index in [0.717, 1.165) is 0 Å². The maximum Gasteiger partial charge on any atom is 0.433 e. The van der Waals surface area contributed by atoms with Crippen LogP contribution in [0.3, 0.4) is 0 Å². The van der Waals surface area contributed by atoms with E-state index < -0.39 is 28.6 Å². The Balaban J connectivity index is 2.51. The largest absolute Gasteiger partial charge is 0.433 e. The number of carbonyl (C=O) groups is 1. The van der Waals surface area contributed by atoms with Crippen molar-refractivity contribution in [2.24, 2.45) is 0 Å². The van der Waals surface area contributed by atoms with Gasteiger partial charge in [-0.2, -0.15) is 13.2 Å². The number of hydrogen-bond acceptors (Lipinski definition) is 3. The molecule has 0 N–H and O–H groups in total. The molecule has 2 rings (SSSR count). The second-order valence-electron chi connectivity index (χ2n) is 3.71. The average Bonchev–Trinajstić information content (AvgIpc) is 2.37. The van der Waals surface area contributed by atoms with Crippen molar-refractivity contribution in [3.63, 3.8) is 0 Å². The van der Waals surface area contributed by atoms with Crippen LogP contribution in [0.15, 0.2) is 30.3 Å². The van der Waals surface area contributed by atoms with Gasteiger partial charge in [-0.25, -0.2) is 9.97 Å². The zero-order valence-electron chi connectivity index (χ0n) is 9.58. The second-order valence-corrected chi connectivity index (χ2v) is 4.50. The molecule has 0 aliphatic carbocycles. The molecule has 0 radical (unpaired) electrons. The quantitative estimate of drug-likeness (QED) is 0.619. The molecule has 0 unspecified atom stereocenters. The van der Waals surface area contributed by atoms with Crippen LogP contribution in [-0.4, -0.2) is 15.8 Å². The lowest BCUT2D eigenvalue weighted by atomic mass is 10.1. The van der Waals surface area contributed by atoms with E-state index in [0.29, 0.717) is 6.07 Å². The molecule has 2 aromatic rings. The predicted molar refractivity (Wildman–Crippen MR) is 66.9 cm³/mol. The van der Waals surface area contributed by atoms with Gasteiger partial charge in [-0.3, -0.25) is 4.79 Å². The molecule has 0 fully saturated rings. The molecule has 20 heavy (non-hydrogen) atoms. The number of nitrogens with zero attached hydrogens (tertiary/aromatic N) is 2. The van der Waals surface area contributed by atoms with Gasteiger partial charge in [0.1, 0.15) is 10.8 Å². The summed E-state index contributed by atoms with van der Waals surface area (Å²) in [5.41, 5.74) is -1.28. The van der Waals surface area contributed by atoms with Gasteiger partial charge in [0.05, 0.1) is 5.02 Å². The monoisotopic (exact) mass is 320 g/mol. The summed E-state index contributed by atoms with van der Waals surface area (Å²) in [6.07, 6.45) is -4.72. The van der Waals surface area contributed by atoms with Gasteiger partial charge in [-0.05, 0) is 12.1 Å². The van der Waals surface area contributed by atoms with Crippen LogP contribution in [0, 0.1) is 0 Å². The van der Waals surface area contributed by atoms with Gasteiger partial charge in [-0.1, -0.05) is 35.3 Å². The lowest BCUT2D eigenvalue weighted by Crippen LogP contribution is -2.15. The number of ketones is 1. The SMILES string of the molecule is O=C(c1nc(Cl)cc(C(F)(F)F)n1)c1ccccc1Cl. The predicted octanol–water partition coefficient (Wildman–Crippen LogP) is 4.03. The number of carbonyl (C=O) groups excluding carboxylic acids is 1. The van der Waals surface area contributed by atoms with Gasteiger partial charge >= 0.3 is 6.18 Å². The molecular formula is C12H5Cl2F3N2O. The zero-order valence-corrected chi connectivity index (χ0v) is 11.1. The molecule has 0 atom stereocenters. The summed E-state index contributed by atoms with van der Waals surface area (Å²) in [4.78, 5) is 18.8. The summed E-state index contributed by atoms with van der Waals surface area (Å²) in [5, 5.41) is -0.377. The molecule has 1 heterocycles. The number of aromatic nitrogens is 2. The summed E-state index contributed by atoms with van der Waals surface area (Å²) in [6.45, 7) is 0. The highest BCUT2D eigenvalue weighted by atomic mass is 35.5. The average molecular weight is 321 g/mol. The lowest BCUT2D eigenvalue weighted by Gasteiger charge is -2.08. The van der Waals surface area contributed by atoms with Crippen LogP contribution in [0.4, 0.5) is 13.2 Å². The molecule has 1 aromatic carbocycles. The van der Waals surface area contributed by atoms with Crippen molar-refractivity contribution < 1.29 is 18.0 Å².